The van der Waals surface area contributed by atoms with Gasteiger partial charge in [-0.05, 0) is 67.0 Å². The van der Waals surface area contributed by atoms with Crippen molar-refractivity contribution in [2.75, 3.05) is 25.0 Å². The zero-order valence-corrected chi connectivity index (χ0v) is 38.7. The molecule has 13 nitrogen and oxygen atoms in total. The third-order valence-electron chi connectivity index (χ3n) is 9.02. The van der Waals surface area contributed by atoms with Gasteiger partial charge in [-0.15, -0.1) is 0 Å². The van der Waals surface area contributed by atoms with Crippen LogP contribution in [0.1, 0.15) is 53.5 Å². The highest BCUT2D eigenvalue weighted by atomic mass is 79.9. The van der Waals surface area contributed by atoms with E-state index in [1.54, 1.807) is 60.9 Å². The molecule has 0 saturated carbocycles. The fourth-order valence-electron chi connectivity index (χ4n) is 5.99. The summed E-state index contributed by atoms with van der Waals surface area (Å²) < 4.78 is 69.3. The Labute approximate surface area is 367 Å². The predicted molar refractivity (Wildman–Crippen MR) is 241 cm³/mol. The third-order valence-corrected chi connectivity index (χ3v) is 13.3. The van der Waals surface area contributed by atoms with E-state index in [9.17, 15) is 8.42 Å². The number of halogens is 1. The van der Waals surface area contributed by atoms with Gasteiger partial charge in [0, 0.05) is 18.8 Å². The highest BCUT2D eigenvalue weighted by Gasteiger charge is 2.31. The van der Waals surface area contributed by atoms with Crippen molar-refractivity contribution in [3.63, 3.8) is 0 Å². The quantitative estimate of drug-likeness (QED) is 0.0504. The molecule has 0 saturated heterocycles. The van der Waals surface area contributed by atoms with Gasteiger partial charge in [-0.25, -0.2) is 18.4 Å². The van der Waals surface area contributed by atoms with Gasteiger partial charge in [-0.1, -0.05) is 126 Å². The summed E-state index contributed by atoms with van der Waals surface area (Å²) in [6.07, 6.45) is 2.67. The van der Waals surface area contributed by atoms with Crippen LogP contribution in [0.4, 0.5) is 5.82 Å². The number of anilines is 1. The number of para-hydroxylation sites is 2. The zero-order valence-electron chi connectivity index (χ0n) is 35.2. The SMILES string of the molecule is COc1ccccc1Oc1c(NS(=O)(=O)c2ccc(C(C)(C)C)cc2)nc(OC(CC(C)(C)C)O[SiH](c2ccccc2)c2ccccc2)nc1OCCOc1ncc(Br)cn1. The van der Waals surface area contributed by atoms with Gasteiger partial charge >= 0.3 is 12.0 Å². The molecule has 2 heterocycles. The Kier molecular flexibility index (Phi) is 14.7. The van der Waals surface area contributed by atoms with Crippen LogP contribution in [-0.4, -0.2) is 64.0 Å². The Morgan fingerprint density at radius 2 is 1.30 bits per heavy atom. The maximum Gasteiger partial charge on any atom is 0.324 e. The molecule has 1 atom stereocenters. The van der Waals surface area contributed by atoms with Crippen LogP contribution >= 0.6 is 15.9 Å². The summed E-state index contributed by atoms with van der Waals surface area (Å²) in [7, 11) is -5.16. The molecule has 0 fully saturated rings. The normalized spacial score (nSPS) is 12.4. The van der Waals surface area contributed by atoms with Gasteiger partial charge in [0.25, 0.3) is 15.9 Å². The highest BCUT2D eigenvalue weighted by Crippen LogP contribution is 2.42. The second-order valence-electron chi connectivity index (χ2n) is 16.2. The molecule has 61 heavy (non-hydrogen) atoms. The van der Waals surface area contributed by atoms with Gasteiger partial charge in [0.1, 0.15) is 13.2 Å². The lowest BCUT2D eigenvalue weighted by atomic mass is 9.87. The lowest BCUT2D eigenvalue weighted by molar-refractivity contribution is -0.0293. The molecule has 6 aromatic rings. The largest absolute Gasteiger partial charge is 0.493 e. The van der Waals surface area contributed by atoms with E-state index >= 15 is 0 Å². The van der Waals surface area contributed by atoms with E-state index in [4.69, 9.17) is 33.1 Å². The average molecular weight is 929 g/mol. The average Bonchev–Trinajstić information content (AvgIpc) is 3.23. The van der Waals surface area contributed by atoms with Crippen molar-refractivity contribution in [3.05, 3.63) is 132 Å². The van der Waals surface area contributed by atoms with Gasteiger partial charge in [0.05, 0.1) is 16.5 Å². The number of nitrogens with one attached hydrogen (secondary N) is 1. The molecule has 0 aliphatic carbocycles. The number of hydrogen-bond acceptors (Lipinski definition) is 12. The Hall–Kier alpha value is -5.55. The molecular formula is C45H50BrN5O8SSi. The molecule has 0 spiro atoms. The minimum Gasteiger partial charge on any atom is -0.493 e. The van der Waals surface area contributed by atoms with E-state index in [0.29, 0.717) is 16.6 Å². The molecule has 0 amide bonds. The van der Waals surface area contributed by atoms with E-state index in [2.05, 4.69) is 77.1 Å². The molecule has 0 aliphatic rings. The lowest BCUT2D eigenvalue weighted by Crippen LogP contribution is -2.49. The maximum atomic E-state index is 14.2. The smallest absolute Gasteiger partial charge is 0.324 e. The number of methoxy groups -OCH3 is 1. The summed E-state index contributed by atoms with van der Waals surface area (Å²) in [5.41, 5.74) is 0.492. The van der Waals surface area contributed by atoms with Gasteiger partial charge < -0.3 is 28.1 Å². The summed E-state index contributed by atoms with van der Waals surface area (Å²) in [5, 5.41) is 2.09. The second-order valence-corrected chi connectivity index (χ2v) is 21.1. The molecule has 16 heteroatoms. The molecular weight excluding hydrogens is 879 g/mol. The molecule has 320 valence electrons. The first-order valence-electron chi connectivity index (χ1n) is 19.6. The Balaban J connectivity index is 1.44. The summed E-state index contributed by atoms with van der Waals surface area (Å²) >= 11 is 3.32. The Morgan fingerprint density at radius 3 is 1.87 bits per heavy atom. The van der Waals surface area contributed by atoms with Crippen molar-refractivity contribution in [1.82, 2.24) is 19.9 Å². The van der Waals surface area contributed by atoms with Gasteiger partial charge in [-0.2, -0.15) is 9.97 Å². The molecule has 0 bridgehead atoms. The maximum absolute atomic E-state index is 14.2. The minimum absolute atomic E-state index is 0.00342. The number of aromatic nitrogens is 4. The van der Waals surface area contributed by atoms with Crippen molar-refractivity contribution < 1.29 is 36.5 Å². The van der Waals surface area contributed by atoms with E-state index < -0.39 is 25.4 Å². The van der Waals surface area contributed by atoms with E-state index in [-0.39, 0.29) is 64.2 Å². The summed E-state index contributed by atoms with van der Waals surface area (Å²) in [6.45, 7) is 12.3. The summed E-state index contributed by atoms with van der Waals surface area (Å²) in [5.74, 6) is 0.0622. The lowest BCUT2D eigenvalue weighted by Gasteiger charge is -2.30. The van der Waals surface area contributed by atoms with Crippen molar-refractivity contribution in [1.29, 1.82) is 0 Å². The van der Waals surface area contributed by atoms with Crippen LogP contribution in [0.2, 0.25) is 0 Å². The number of hydrogen-bond donors (Lipinski definition) is 1. The van der Waals surface area contributed by atoms with Crippen molar-refractivity contribution >= 4 is 51.2 Å². The second kappa shape index (κ2) is 19.9. The molecule has 1 unspecified atom stereocenters. The monoisotopic (exact) mass is 927 g/mol. The first kappa shape index (κ1) is 45.0. The van der Waals surface area contributed by atoms with Crippen molar-refractivity contribution in [2.24, 2.45) is 5.41 Å². The van der Waals surface area contributed by atoms with Crippen LogP contribution in [0.3, 0.4) is 0 Å². The first-order chi connectivity index (χ1) is 29.1. The van der Waals surface area contributed by atoms with E-state index in [1.165, 1.54) is 7.11 Å². The molecule has 0 aliphatic heterocycles. The van der Waals surface area contributed by atoms with E-state index in [0.717, 1.165) is 15.9 Å². The number of nitrogens with zero attached hydrogens (tertiary/aromatic N) is 4. The number of sulfonamides is 1. The van der Waals surface area contributed by atoms with Crippen LogP contribution in [-0.2, 0) is 19.9 Å². The first-order valence-corrected chi connectivity index (χ1v) is 23.5. The molecule has 6 rings (SSSR count). The van der Waals surface area contributed by atoms with Crippen LogP contribution in [0.15, 0.2) is 131 Å². The Morgan fingerprint density at radius 1 is 0.721 bits per heavy atom. The Bertz CT molecular complexity index is 2420. The van der Waals surface area contributed by atoms with Gasteiger partial charge in [0.2, 0.25) is 14.8 Å². The van der Waals surface area contributed by atoms with Crippen molar-refractivity contribution in [2.45, 2.75) is 64.6 Å². The van der Waals surface area contributed by atoms with Gasteiger partial charge in [-0.3, -0.25) is 4.72 Å². The predicted octanol–water partition coefficient (Wildman–Crippen LogP) is 8.08. The number of ether oxygens (including phenoxy) is 5. The van der Waals surface area contributed by atoms with Crippen LogP contribution in [0.5, 0.6) is 35.1 Å². The van der Waals surface area contributed by atoms with Crippen molar-refractivity contribution in [3.8, 4) is 35.1 Å². The molecule has 4 aromatic carbocycles. The number of rotatable bonds is 18. The molecule has 0 radical (unpaired) electrons. The summed E-state index contributed by atoms with van der Waals surface area (Å²) in [6, 6.07) is 33.5. The summed E-state index contributed by atoms with van der Waals surface area (Å²) in [4.78, 5) is 17.7. The zero-order chi connectivity index (χ0) is 43.6. The van der Waals surface area contributed by atoms with Crippen LogP contribution < -0.4 is 38.8 Å². The molecule has 2 aromatic heterocycles. The highest BCUT2D eigenvalue weighted by molar-refractivity contribution is 9.10. The van der Waals surface area contributed by atoms with Gasteiger partial charge in [0.15, 0.2) is 23.6 Å². The minimum atomic E-state index is -4.28. The van der Waals surface area contributed by atoms with E-state index in [1.807, 2.05) is 60.7 Å². The topological polar surface area (TPSA) is 153 Å². The van der Waals surface area contributed by atoms with Crippen LogP contribution in [0, 0.1) is 5.41 Å². The third kappa shape index (κ3) is 12.7. The number of benzene rings is 4. The fourth-order valence-corrected chi connectivity index (χ4v) is 9.50. The molecule has 1 N–H and O–H groups in total. The standard InChI is InChI=1S/C45H50BrN5O8SSi/c1-44(2,3)28-38(59-61(34-16-10-8-11-17-34)35-18-12-9-13-19-35)58-43-49-40(51-60(52,53)33-24-22-31(23-25-33)45(4,5)6)39(57-37-21-15-14-20-36(37)54-7)41(50-43)55-26-27-56-42-47-29-32(46)30-48-42/h8-25,29-30,38,61H,26-28H2,1-7H3,(H,49,50,51). The van der Waals surface area contributed by atoms with Crippen LogP contribution in [0.25, 0.3) is 0 Å². The fraction of sp³-hybridized carbons (Fsp3) is 0.289.